The van der Waals surface area contributed by atoms with E-state index in [9.17, 15) is 4.79 Å². The summed E-state index contributed by atoms with van der Waals surface area (Å²) in [5.41, 5.74) is 1.04. The molecular formula is C20H26O3. The van der Waals surface area contributed by atoms with Crippen LogP contribution in [0.1, 0.15) is 68.9 Å². The van der Waals surface area contributed by atoms with E-state index in [2.05, 4.69) is 19.1 Å². The van der Waals surface area contributed by atoms with Crippen LogP contribution in [0.25, 0.3) is 0 Å². The Kier molecular flexibility index (Phi) is 3.72. The maximum Gasteiger partial charge on any atom is 0.346 e. The summed E-state index contributed by atoms with van der Waals surface area (Å²) in [6.45, 7) is 2.07. The number of aryl methyl sites for hydroxylation is 1. The van der Waals surface area contributed by atoms with Gasteiger partial charge >= 0.3 is 5.97 Å². The summed E-state index contributed by atoms with van der Waals surface area (Å²) in [4.78, 5) is 13.1. The Morgan fingerprint density at radius 2 is 1.70 bits per heavy atom. The third-order valence-electron chi connectivity index (χ3n) is 5.93. The molecule has 1 unspecified atom stereocenters. The van der Waals surface area contributed by atoms with E-state index in [0.29, 0.717) is 0 Å². The highest BCUT2D eigenvalue weighted by Gasteiger charge is 2.76. The van der Waals surface area contributed by atoms with Gasteiger partial charge in [0.2, 0.25) is 5.60 Å². The average Bonchev–Trinajstić information content (AvgIpc) is 2.97. The smallest absolute Gasteiger partial charge is 0.346 e. The van der Waals surface area contributed by atoms with Gasteiger partial charge in [0.25, 0.3) is 0 Å². The lowest BCUT2D eigenvalue weighted by atomic mass is 9.84. The van der Waals surface area contributed by atoms with Gasteiger partial charge in [-0.05, 0) is 51.0 Å². The summed E-state index contributed by atoms with van der Waals surface area (Å²) in [6, 6.07) is 8.22. The average molecular weight is 314 g/mol. The van der Waals surface area contributed by atoms with Gasteiger partial charge in [0.1, 0.15) is 11.7 Å². The van der Waals surface area contributed by atoms with Crippen LogP contribution in [0.15, 0.2) is 24.3 Å². The molecule has 1 aromatic carbocycles. The Morgan fingerprint density at radius 1 is 1.04 bits per heavy atom. The van der Waals surface area contributed by atoms with Gasteiger partial charge in [-0.1, -0.05) is 49.1 Å². The fourth-order valence-corrected chi connectivity index (χ4v) is 4.54. The third-order valence-corrected chi connectivity index (χ3v) is 5.93. The van der Waals surface area contributed by atoms with Crippen LogP contribution in [0.5, 0.6) is 0 Å². The lowest BCUT2D eigenvalue weighted by Gasteiger charge is -2.25. The van der Waals surface area contributed by atoms with Crippen LogP contribution in [-0.2, 0) is 19.9 Å². The molecule has 124 valence electrons. The van der Waals surface area contributed by atoms with Crippen molar-refractivity contribution in [3.8, 4) is 0 Å². The zero-order valence-corrected chi connectivity index (χ0v) is 14.0. The van der Waals surface area contributed by atoms with Crippen LogP contribution in [0.3, 0.4) is 0 Å². The first-order chi connectivity index (χ1) is 11.2. The molecule has 2 aliphatic carbocycles. The molecule has 23 heavy (non-hydrogen) atoms. The van der Waals surface area contributed by atoms with E-state index >= 15 is 0 Å². The van der Waals surface area contributed by atoms with Crippen LogP contribution in [0.2, 0.25) is 0 Å². The zero-order valence-electron chi connectivity index (χ0n) is 14.0. The second-order valence-electron chi connectivity index (χ2n) is 7.52. The first kappa shape index (κ1) is 15.2. The number of carbonyl (C=O) groups is 1. The minimum Gasteiger partial charge on any atom is -0.460 e. The van der Waals surface area contributed by atoms with Crippen molar-refractivity contribution in [2.24, 2.45) is 0 Å². The molecule has 3 aliphatic rings. The monoisotopic (exact) mass is 314 g/mol. The summed E-state index contributed by atoms with van der Waals surface area (Å²) in [6.07, 6.45) is 9.92. The molecule has 1 atom stereocenters. The molecule has 1 aliphatic heterocycles. The molecule has 1 saturated heterocycles. The molecular weight excluding hydrogens is 288 g/mol. The van der Waals surface area contributed by atoms with E-state index in [-0.39, 0.29) is 17.7 Å². The van der Waals surface area contributed by atoms with Crippen LogP contribution >= 0.6 is 0 Å². The van der Waals surface area contributed by atoms with Crippen molar-refractivity contribution in [2.45, 2.75) is 82.0 Å². The van der Waals surface area contributed by atoms with E-state index in [4.69, 9.17) is 9.47 Å². The van der Waals surface area contributed by atoms with Gasteiger partial charge < -0.3 is 9.47 Å². The van der Waals surface area contributed by atoms with Crippen molar-refractivity contribution in [3.05, 3.63) is 35.4 Å². The molecule has 2 saturated carbocycles. The molecule has 3 nitrogen and oxygen atoms in total. The van der Waals surface area contributed by atoms with Crippen molar-refractivity contribution in [1.29, 1.82) is 0 Å². The quantitative estimate of drug-likeness (QED) is 0.613. The van der Waals surface area contributed by atoms with E-state index < -0.39 is 5.60 Å². The van der Waals surface area contributed by atoms with Gasteiger partial charge in [-0.25, -0.2) is 4.79 Å². The highest BCUT2D eigenvalue weighted by Crippen LogP contribution is 2.64. The van der Waals surface area contributed by atoms with Gasteiger partial charge in [0, 0.05) is 0 Å². The molecule has 0 radical (unpaired) electrons. The summed E-state index contributed by atoms with van der Waals surface area (Å²) in [7, 11) is 0. The van der Waals surface area contributed by atoms with Crippen LogP contribution < -0.4 is 0 Å². The number of benzene rings is 1. The largest absolute Gasteiger partial charge is 0.460 e. The zero-order chi connectivity index (χ0) is 15.9. The van der Waals surface area contributed by atoms with Crippen molar-refractivity contribution < 1.29 is 14.3 Å². The fourth-order valence-electron chi connectivity index (χ4n) is 4.54. The van der Waals surface area contributed by atoms with E-state index in [1.165, 1.54) is 24.8 Å². The Labute approximate surface area is 138 Å². The van der Waals surface area contributed by atoms with E-state index in [1.54, 1.807) is 0 Å². The third kappa shape index (κ3) is 2.40. The van der Waals surface area contributed by atoms with Crippen molar-refractivity contribution in [3.63, 3.8) is 0 Å². The molecule has 0 aromatic heterocycles. The minimum atomic E-state index is -0.839. The van der Waals surface area contributed by atoms with Gasteiger partial charge in [-0.15, -0.1) is 0 Å². The van der Waals surface area contributed by atoms with Crippen molar-refractivity contribution in [1.82, 2.24) is 0 Å². The Morgan fingerprint density at radius 3 is 2.35 bits per heavy atom. The normalized spacial score (nSPS) is 29.6. The number of epoxide rings is 1. The lowest BCUT2D eigenvalue weighted by Crippen LogP contribution is -2.35. The van der Waals surface area contributed by atoms with Crippen LogP contribution in [0.4, 0.5) is 0 Å². The van der Waals surface area contributed by atoms with Crippen LogP contribution in [-0.4, -0.2) is 17.7 Å². The van der Waals surface area contributed by atoms with Gasteiger partial charge in [-0.2, -0.15) is 0 Å². The van der Waals surface area contributed by atoms with E-state index in [0.717, 1.165) is 44.1 Å². The standard InChI is InChI=1S/C20H26O3/c1-15-9-11-16(12-10-15)20(19(23-20)13-5-6-14-19)18(21)22-17-7-3-2-4-8-17/h9-12,17H,2-8,13-14H2,1H3. The summed E-state index contributed by atoms with van der Waals surface area (Å²) in [5.74, 6) is -0.143. The summed E-state index contributed by atoms with van der Waals surface area (Å²) < 4.78 is 12.1. The summed E-state index contributed by atoms with van der Waals surface area (Å²) in [5, 5.41) is 0. The van der Waals surface area contributed by atoms with Crippen LogP contribution in [0, 0.1) is 6.92 Å². The topological polar surface area (TPSA) is 38.8 Å². The number of hydrogen-bond acceptors (Lipinski definition) is 3. The molecule has 0 bridgehead atoms. The van der Waals surface area contributed by atoms with Gasteiger partial charge in [0.15, 0.2) is 0 Å². The Hall–Kier alpha value is -1.35. The number of ether oxygens (including phenoxy) is 2. The second kappa shape index (κ2) is 5.62. The van der Waals surface area contributed by atoms with Gasteiger partial charge in [-0.3, -0.25) is 0 Å². The fraction of sp³-hybridized carbons (Fsp3) is 0.650. The number of hydrogen-bond donors (Lipinski definition) is 0. The number of esters is 1. The highest BCUT2D eigenvalue weighted by atomic mass is 16.7. The number of rotatable bonds is 3. The number of carbonyl (C=O) groups excluding carboxylic acids is 1. The molecule has 1 aromatic rings. The first-order valence-corrected chi connectivity index (χ1v) is 9.15. The molecule has 1 spiro atoms. The predicted molar refractivity (Wildman–Crippen MR) is 88.1 cm³/mol. The maximum absolute atomic E-state index is 13.1. The van der Waals surface area contributed by atoms with Crippen molar-refractivity contribution >= 4 is 5.97 Å². The molecule has 3 heteroatoms. The molecule has 0 N–H and O–H groups in total. The molecule has 3 fully saturated rings. The molecule has 0 amide bonds. The van der Waals surface area contributed by atoms with Crippen molar-refractivity contribution in [2.75, 3.05) is 0 Å². The lowest BCUT2D eigenvalue weighted by molar-refractivity contribution is -0.157. The van der Waals surface area contributed by atoms with Gasteiger partial charge in [0.05, 0.1) is 0 Å². The van der Waals surface area contributed by atoms with E-state index in [1.807, 2.05) is 12.1 Å². The second-order valence-corrected chi connectivity index (χ2v) is 7.52. The first-order valence-electron chi connectivity index (χ1n) is 9.15. The Balaban J connectivity index is 1.61. The minimum absolute atomic E-state index is 0.0845. The Bertz CT molecular complexity index is 579. The SMILES string of the molecule is Cc1ccc(C2(C(=O)OC3CCCCC3)OC23CCCC3)cc1. The highest BCUT2D eigenvalue weighted by molar-refractivity contribution is 5.87. The summed E-state index contributed by atoms with van der Waals surface area (Å²) >= 11 is 0. The molecule has 1 heterocycles. The predicted octanol–water partition coefficient (Wildman–Crippen LogP) is 4.41. The molecule has 4 rings (SSSR count). The maximum atomic E-state index is 13.1.